The minimum absolute atomic E-state index is 0.189. The van der Waals surface area contributed by atoms with Crippen LogP contribution in [0, 0.1) is 5.92 Å². The Hall–Kier alpha value is -0.610. The molecule has 0 N–H and O–H groups in total. The highest BCUT2D eigenvalue weighted by atomic mass is 16.7. The van der Waals surface area contributed by atoms with Crippen molar-refractivity contribution in [3.63, 3.8) is 0 Å². The Morgan fingerprint density at radius 2 is 2.16 bits per heavy atom. The van der Waals surface area contributed by atoms with Gasteiger partial charge in [0.15, 0.2) is 0 Å². The highest BCUT2D eigenvalue weighted by Gasteiger charge is 2.55. The molecule has 3 atom stereocenters. The van der Waals surface area contributed by atoms with Crippen LogP contribution in [0.25, 0.3) is 0 Å². The molecule has 0 aromatic heterocycles. The number of piperidine rings is 1. The number of nitrogens with zero attached hydrogens (tertiary/aromatic N) is 1. The second-order valence-corrected chi connectivity index (χ2v) is 6.32. The molecule has 3 rings (SSSR count). The van der Waals surface area contributed by atoms with E-state index in [9.17, 15) is 4.79 Å². The molecule has 3 fully saturated rings. The van der Waals surface area contributed by atoms with E-state index in [-0.39, 0.29) is 11.6 Å². The molecular formula is C15H25NO3. The molecule has 0 aromatic carbocycles. The molecule has 2 heterocycles. The summed E-state index contributed by atoms with van der Waals surface area (Å²) in [6.45, 7) is 0.961. The first kappa shape index (κ1) is 13.4. The first-order valence-electron chi connectivity index (χ1n) is 7.67. The van der Waals surface area contributed by atoms with Gasteiger partial charge in [-0.3, -0.25) is 4.79 Å². The third-order valence-corrected chi connectivity index (χ3v) is 5.41. The number of rotatable bonds is 4. The van der Waals surface area contributed by atoms with Crippen molar-refractivity contribution < 1.29 is 14.3 Å². The number of hydrogen-bond acceptors (Lipinski definition) is 3. The van der Waals surface area contributed by atoms with Gasteiger partial charge in [0.25, 0.3) is 0 Å². The summed E-state index contributed by atoms with van der Waals surface area (Å²) in [5.74, 6) is 1.10. The van der Waals surface area contributed by atoms with E-state index in [1.54, 1.807) is 7.11 Å². The van der Waals surface area contributed by atoms with Crippen LogP contribution >= 0.6 is 0 Å². The van der Waals surface area contributed by atoms with E-state index in [4.69, 9.17) is 9.47 Å². The summed E-state index contributed by atoms with van der Waals surface area (Å²) in [4.78, 5) is 14.6. The molecule has 0 radical (unpaired) electrons. The molecule has 1 spiro atoms. The van der Waals surface area contributed by atoms with Crippen molar-refractivity contribution in [1.29, 1.82) is 0 Å². The van der Waals surface area contributed by atoms with E-state index in [0.717, 1.165) is 25.2 Å². The normalized spacial score (nSPS) is 38.2. The molecule has 1 aliphatic carbocycles. The number of hydrogen-bond donors (Lipinski definition) is 0. The third kappa shape index (κ3) is 2.19. The van der Waals surface area contributed by atoms with Crippen LogP contribution in [0.2, 0.25) is 0 Å². The first-order chi connectivity index (χ1) is 9.28. The van der Waals surface area contributed by atoms with Gasteiger partial charge in [-0.15, -0.1) is 0 Å². The Morgan fingerprint density at radius 1 is 1.26 bits per heavy atom. The number of ether oxygens (including phenoxy) is 2. The molecule has 2 aliphatic heterocycles. The fourth-order valence-electron chi connectivity index (χ4n) is 4.68. The number of amides is 1. The highest BCUT2D eigenvalue weighted by Crippen LogP contribution is 2.52. The molecule has 108 valence electrons. The zero-order valence-corrected chi connectivity index (χ0v) is 11.9. The molecular weight excluding hydrogens is 242 g/mol. The Bertz CT molecular complexity index is 346. The minimum atomic E-state index is 0.189. The van der Waals surface area contributed by atoms with Crippen molar-refractivity contribution in [2.45, 2.75) is 62.9 Å². The van der Waals surface area contributed by atoms with Crippen LogP contribution in [0.4, 0.5) is 0 Å². The molecule has 2 saturated heterocycles. The lowest BCUT2D eigenvalue weighted by atomic mass is 9.67. The molecule has 0 aromatic rings. The Morgan fingerprint density at radius 3 is 3.00 bits per heavy atom. The number of methoxy groups -OCH3 is 1. The van der Waals surface area contributed by atoms with Gasteiger partial charge in [0.2, 0.25) is 5.91 Å². The average Bonchev–Trinajstić information content (AvgIpc) is 2.79. The first-order valence-corrected chi connectivity index (χ1v) is 7.67. The van der Waals surface area contributed by atoms with Crippen LogP contribution in [-0.2, 0) is 14.3 Å². The van der Waals surface area contributed by atoms with Gasteiger partial charge in [0.1, 0.15) is 6.79 Å². The van der Waals surface area contributed by atoms with Crippen molar-refractivity contribution in [3.8, 4) is 0 Å². The Balaban J connectivity index is 1.75. The molecule has 4 nitrogen and oxygen atoms in total. The highest BCUT2D eigenvalue weighted by molar-refractivity contribution is 5.79. The fourth-order valence-corrected chi connectivity index (χ4v) is 4.68. The van der Waals surface area contributed by atoms with Gasteiger partial charge in [-0.25, -0.2) is 0 Å². The lowest BCUT2D eigenvalue weighted by Gasteiger charge is -2.52. The van der Waals surface area contributed by atoms with Crippen LogP contribution < -0.4 is 0 Å². The quantitative estimate of drug-likeness (QED) is 0.579. The molecule has 0 unspecified atom stereocenters. The van der Waals surface area contributed by atoms with E-state index in [1.807, 2.05) is 0 Å². The zero-order chi connectivity index (χ0) is 13.3. The smallest absolute Gasteiger partial charge is 0.223 e. The van der Waals surface area contributed by atoms with Gasteiger partial charge < -0.3 is 14.4 Å². The summed E-state index contributed by atoms with van der Waals surface area (Å²) < 4.78 is 10.5. The third-order valence-electron chi connectivity index (χ3n) is 5.41. The standard InChI is InChI=1S/C15H25NO3/c1-18-11-19-10-13-7-9-15-8-3-2-4-12(15)5-6-14(17)16(13)15/h12-13H,2-11H2,1H3/t12-,13-,15-/m0/s1. The van der Waals surface area contributed by atoms with Crippen molar-refractivity contribution >= 4 is 5.91 Å². The van der Waals surface area contributed by atoms with Gasteiger partial charge in [0, 0.05) is 19.1 Å². The maximum Gasteiger partial charge on any atom is 0.223 e. The van der Waals surface area contributed by atoms with Gasteiger partial charge in [0.05, 0.1) is 12.6 Å². The zero-order valence-electron chi connectivity index (χ0n) is 11.9. The van der Waals surface area contributed by atoms with E-state index in [2.05, 4.69) is 4.90 Å². The molecule has 19 heavy (non-hydrogen) atoms. The van der Waals surface area contributed by atoms with Crippen molar-refractivity contribution in [2.24, 2.45) is 5.92 Å². The maximum absolute atomic E-state index is 12.4. The topological polar surface area (TPSA) is 38.8 Å². The summed E-state index contributed by atoms with van der Waals surface area (Å²) in [7, 11) is 1.64. The molecule has 0 bridgehead atoms. The largest absolute Gasteiger partial charge is 0.359 e. The van der Waals surface area contributed by atoms with Crippen LogP contribution in [0.1, 0.15) is 51.4 Å². The van der Waals surface area contributed by atoms with Crippen LogP contribution in [0.3, 0.4) is 0 Å². The summed E-state index contributed by atoms with van der Waals surface area (Å²) in [6.07, 6.45) is 9.30. The van der Waals surface area contributed by atoms with Gasteiger partial charge in [-0.2, -0.15) is 0 Å². The number of carbonyl (C=O) groups is 1. The summed E-state index contributed by atoms with van der Waals surface area (Å²) in [5, 5.41) is 0. The lowest BCUT2D eigenvalue weighted by molar-refractivity contribution is -0.152. The van der Waals surface area contributed by atoms with Crippen molar-refractivity contribution in [3.05, 3.63) is 0 Å². The minimum Gasteiger partial charge on any atom is -0.359 e. The average molecular weight is 267 g/mol. The summed E-state index contributed by atoms with van der Waals surface area (Å²) >= 11 is 0. The van der Waals surface area contributed by atoms with Gasteiger partial charge in [-0.1, -0.05) is 12.8 Å². The molecule has 1 saturated carbocycles. The van der Waals surface area contributed by atoms with E-state index >= 15 is 0 Å². The van der Waals surface area contributed by atoms with Crippen molar-refractivity contribution in [2.75, 3.05) is 20.5 Å². The van der Waals surface area contributed by atoms with Crippen LogP contribution in [-0.4, -0.2) is 42.9 Å². The van der Waals surface area contributed by atoms with Gasteiger partial charge in [-0.05, 0) is 38.0 Å². The fraction of sp³-hybridized carbons (Fsp3) is 0.933. The predicted molar refractivity (Wildman–Crippen MR) is 71.6 cm³/mol. The SMILES string of the molecule is COCOC[C@@H]1CC[C@@]23CCCC[C@H]2CCC(=O)N13. The van der Waals surface area contributed by atoms with Crippen molar-refractivity contribution in [1.82, 2.24) is 4.90 Å². The van der Waals surface area contributed by atoms with E-state index in [1.165, 1.54) is 32.1 Å². The number of carbonyl (C=O) groups excluding carboxylic acids is 1. The second-order valence-electron chi connectivity index (χ2n) is 6.32. The molecule has 3 aliphatic rings. The monoisotopic (exact) mass is 267 g/mol. The van der Waals surface area contributed by atoms with E-state index < -0.39 is 0 Å². The van der Waals surface area contributed by atoms with E-state index in [0.29, 0.717) is 19.3 Å². The van der Waals surface area contributed by atoms with Crippen LogP contribution in [0.15, 0.2) is 0 Å². The molecule has 4 heteroatoms. The van der Waals surface area contributed by atoms with Gasteiger partial charge >= 0.3 is 0 Å². The van der Waals surface area contributed by atoms with Crippen LogP contribution in [0.5, 0.6) is 0 Å². The summed E-state index contributed by atoms with van der Waals surface area (Å²) in [6, 6.07) is 0.281. The second kappa shape index (κ2) is 5.41. The Kier molecular flexibility index (Phi) is 3.81. The Labute approximate surface area is 115 Å². The summed E-state index contributed by atoms with van der Waals surface area (Å²) in [5.41, 5.74) is 0.189. The predicted octanol–water partition coefficient (Wildman–Crippen LogP) is 2.32. The maximum atomic E-state index is 12.4. The molecule has 1 amide bonds. The lowest BCUT2D eigenvalue weighted by Crippen LogP contribution is -2.59.